The van der Waals surface area contributed by atoms with Crippen LogP contribution in [0.5, 0.6) is 0 Å². The number of amides is 1. The average Bonchev–Trinajstić information content (AvgIpc) is 3.05. The fourth-order valence-corrected chi connectivity index (χ4v) is 2.09. The van der Waals surface area contributed by atoms with Gasteiger partial charge in [0.15, 0.2) is 0 Å². The van der Waals surface area contributed by atoms with Gasteiger partial charge < -0.3 is 9.73 Å². The van der Waals surface area contributed by atoms with Crippen LogP contribution in [0.3, 0.4) is 0 Å². The number of benzene rings is 2. The van der Waals surface area contributed by atoms with Crippen LogP contribution >= 0.6 is 0 Å². The third-order valence-corrected chi connectivity index (χ3v) is 3.22. The van der Waals surface area contributed by atoms with Crippen molar-refractivity contribution in [3.63, 3.8) is 0 Å². The standard InChI is InChI=1S/C19H14FNO2/c20-16-8-4-5-9-17(16)21-19(22)13-11-15-10-12-18(23-15)14-6-2-1-3-7-14/h1-13H,(H,21,22)/b13-11+. The smallest absolute Gasteiger partial charge is 0.248 e. The van der Waals surface area contributed by atoms with Gasteiger partial charge in [-0.3, -0.25) is 4.79 Å². The molecular formula is C19H14FNO2. The molecule has 3 aromatic rings. The topological polar surface area (TPSA) is 42.2 Å². The highest BCUT2D eigenvalue weighted by Crippen LogP contribution is 2.22. The largest absolute Gasteiger partial charge is 0.457 e. The van der Waals surface area contributed by atoms with Gasteiger partial charge in [-0.25, -0.2) is 4.39 Å². The van der Waals surface area contributed by atoms with Crippen molar-refractivity contribution in [3.8, 4) is 11.3 Å². The molecule has 0 aliphatic carbocycles. The van der Waals surface area contributed by atoms with E-state index in [2.05, 4.69) is 5.32 Å². The van der Waals surface area contributed by atoms with E-state index in [1.807, 2.05) is 36.4 Å². The number of halogens is 1. The molecular weight excluding hydrogens is 293 g/mol. The van der Waals surface area contributed by atoms with Crippen molar-refractivity contribution < 1.29 is 13.6 Å². The molecule has 0 radical (unpaired) electrons. The Kier molecular flexibility index (Phi) is 4.34. The SMILES string of the molecule is O=C(/C=C/c1ccc(-c2ccccc2)o1)Nc1ccccc1F. The van der Waals surface area contributed by atoms with Gasteiger partial charge in [-0.1, -0.05) is 42.5 Å². The van der Waals surface area contributed by atoms with Gasteiger partial charge in [0.05, 0.1) is 5.69 Å². The van der Waals surface area contributed by atoms with Gasteiger partial charge in [-0.05, 0) is 30.3 Å². The fraction of sp³-hybridized carbons (Fsp3) is 0. The summed E-state index contributed by atoms with van der Waals surface area (Å²) in [6.07, 6.45) is 2.85. The van der Waals surface area contributed by atoms with Gasteiger partial charge in [0, 0.05) is 11.6 Å². The van der Waals surface area contributed by atoms with Gasteiger partial charge in [0.2, 0.25) is 5.91 Å². The Morgan fingerprint density at radius 1 is 0.957 bits per heavy atom. The maximum Gasteiger partial charge on any atom is 0.248 e. The lowest BCUT2D eigenvalue weighted by atomic mass is 10.2. The molecule has 1 N–H and O–H groups in total. The van der Waals surface area contributed by atoms with Gasteiger partial charge in [0.25, 0.3) is 0 Å². The minimum absolute atomic E-state index is 0.145. The number of anilines is 1. The molecule has 1 heterocycles. The quantitative estimate of drug-likeness (QED) is 0.708. The summed E-state index contributed by atoms with van der Waals surface area (Å²) in [5, 5.41) is 2.48. The molecule has 1 amide bonds. The van der Waals surface area contributed by atoms with Crippen LogP contribution in [0.25, 0.3) is 17.4 Å². The highest BCUT2D eigenvalue weighted by atomic mass is 19.1. The molecule has 0 unspecified atom stereocenters. The van der Waals surface area contributed by atoms with Crippen LogP contribution in [-0.2, 0) is 4.79 Å². The predicted molar refractivity (Wildman–Crippen MR) is 88.2 cm³/mol. The summed E-state index contributed by atoms with van der Waals surface area (Å²) in [7, 11) is 0. The second-order valence-electron chi connectivity index (χ2n) is 4.87. The number of hydrogen-bond acceptors (Lipinski definition) is 2. The van der Waals surface area contributed by atoms with Crippen molar-refractivity contribution >= 4 is 17.7 Å². The summed E-state index contributed by atoms with van der Waals surface area (Å²) < 4.78 is 19.1. The molecule has 0 bridgehead atoms. The van der Waals surface area contributed by atoms with Gasteiger partial charge in [0.1, 0.15) is 17.3 Å². The number of hydrogen-bond donors (Lipinski definition) is 1. The van der Waals surface area contributed by atoms with Crippen LogP contribution in [0.15, 0.2) is 77.2 Å². The molecule has 0 saturated heterocycles. The molecule has 0 aliphatic rings. The Morgan fingerprint density at radius 2 is 1.70 bits per heavy atom. The zero-order valence-corrected chi connectivity index (χ0v) is 12.2. The highest BCUT2D eigenvalue weighted by molar-refractivity contribution is 6.01. The van der Waals surface area contributed by atoms with Crippen LogP contribution in [0.1, 0.15) is 5.76 Å². The molecule has 114 valence electrons. The zero-order valence-electron chi connectivity index (χ0n) is 12.2. The minimum Gasteiger partial charge on any atom is -0.457 e. The molecule has 1 aromatic heterocycles. The molecule has 2 aromatic carbocycles. The first-order valence-electron chi connectivity index (χ1n) is 7.11. The Morgan fingerprint density at radius 3 is 2.48 bits per heavy atom. The summed E-state index contributed by atoms with van der Waals surface area (Å²) in [4.78, 5) is 11.8. The number of carbonyl (C=O) groups excluding carboxylic acids is 1. The summed E-state index contributed by atoms with van der Waals surface area (Å²) in [6.45, 7) is 0. The summed E-state index contributed by atoms with van der Waals surface area (Å²) >= 11 is 0. The summed E-state index contributed by atoms with van der Waals surface area (Å²) in [5.41, 5.74) is 1.11. The van der Waals surface area contributed by atoms with Crippen LogP contribution in [0.2, 0.25) is 0 Å². The Hall–Kier alpha value is -3.14. The molecule has 23 heavy (non-hydrogen) atoms. The molecule has 0 atom stereocenters. The Labute approximate surface area is 133 Å². The molecule has 3 nitrogen and oxygen atoms in total. The van der Waals surface area contributed by atoms with Crippen molar-refractivity contribution in [2.24, 2.45) is 0 Å². The maximum atomic E-state index is 13.4. The van der Waals surface area contributed by atoms with E-state index >= 15 is 0 Å². The van der Waals surface area contributed by atoms with E-state index in [4.69, 9.17) is 4.42 Å². The third-order valence-electron chi connectivity index (χ3n) is 3.22. The first-order valence-corrected chi connectivity index (χ1v) is 7.11. The molecule has 0 spiro atoms. The van der Waals surface area contributed by atoms with Gasteiger partial charge in [-0.2, -0.15) is 0 Å². The summed E-state index contributed by atoms with van der Waals surface area (Å²) in [5.74, 6) is 0.374. The Bertz CT molecular complexity index is 837. The van der Waals surface area contributed by atoms with E-state index in [0.29, 0.717) is 5.76 Å². The molecule has 4 heteroatoms. The second-order valence-corrected chi connectivity index (χ2v) is 4.87. The van der Waals surface area contributed by atoms with Crippen LogP contribution in [0, 0.1) is 5.82 Å². The van der Waals surface area contributed by atoms with E-state index in [-0.39, 0.29) is 5.69 Å². The molecule has 0 saturated carbocycles. The average molecular weight is 307 g/mol. The van der Waals surface area contributed by atoms with Crippen molar-refractivity contribution in [2.45, 2.75) is 0 Å². The number of rotatable bonds is 4. The van der Waals surface area contributed by atoms with Crippen molar-refractivity contribution in [1.82, 2.24) is 0 Å². The van der Waals surface area contributed by atoms with E-state index in [9.17, 15) is 9.18 Å². The van der Waals surface area contributed by atoms with Crippen LogP contribution in [-0.4, -0.2) is 5.91 Å². The molecule has 3 rings (SSSR count). The zero-order chi connectivity index (χ0) is 16.1. The molecule has 0 aliphatic heterocycles. The van der Waals surface area contributed by atoms with Crippen molar-refractivity contribution in [2.75, 3.05) is 5.32 Å². The second kappa shape index (κ2) is 6.75. The van der Waals surface area contributed by atoms with Crippen molar-refractivity contribution in [3.05, 3.63) is 84.4 Å². The lowest BCUT2D eigenvalue weighted by molar-refractivity contribution is -0.111. The van der Waals surface area contributed by atoms with Gasteiger partial charge >= 0.3 is 0 Å². The molecule has 0 fully saturated rings. The Balaban J connectivity index is 1.68. The monoisotopic (exact) mass is 307 g/mol. The first-order chi connectivity index (χ1) is 11.2. The lowest BCUT2D eigenvalue weighted by Gasteiger charge is -2.02. The lowest BCUT2D eigenvalue weighted by Crippen LogP contribution is -2.08. The number of nitrogens with one attached hydrogen (secondary N) is 1. The van der Waals surface area contributed by atoms with E-state index in [0.717, 1.165) is 11.3 Å². The maximum absolute atomic E-state index is 13.4. The normalized spacial score (nSPS) is 10.8. The van der Waals surface area contributed by atoms with Crippen LogP contribution in [0.4, 0.5) is 10.1 Å². The highest BCUT2D eigenvalue weighted by Gasteiger charge is 2.05. The first kappa shape index (κ1) is 14.8. The van der Waals surface area contributed by atoms with E-state index < -0.39 is 11.7 Å². The summed E-state index contributed by atoms with van der Waals surface area (Å²) in [6, 6.07) is 19.3. The van der Waals surface area contributed by atoms with Gasteiger partial charge in [-0.15, -0.1) is 0 Å². The number of carbonyl (C=O) groups is 1. The van der Waals surface area contributed by atoms with Crippen molar-refractivity contribution in [1.29, 1.82) is 0 Å². The number of furan rings is 1. The third kappa shape index (κ3) is 3.74. The van der Waals surface area contributed by atoms with E-state index in [1.165, 1.54) is 18.2 Å². The number of para-hydroxylation sites is 1. The fourth-order valence-electron chi connectivity index (χ4n) is 2.09. The van der Waals surface area contributed by atoms with Crippen LogP contribution < -0.4 is 5.32 Å². The minimum atomic E-state index is -0.474. The predicted octanol–water partition coefficient (Wildman–Crippen LogP) is 4.74. The van der Waals surface area contributed by atoms with E-state index in [1.54, 1.807) is 24.3 Å².